The smallest absolute Gasteiger partial charge is 0.344 e. The van der Waals surface area contributed by atoms with Gasteiger partial charge in [-0.3, -0.25) is 0 Å². The topological polar surface area (TPSA) is 26.3 Å². The van der Waals surface area contributed by atoms with Crippen LogP contribution in [0.1, 0.15) is 53.4 Å². The molecule has 0 amide bonds. The largest absolute Gasteiger partial charge is 0.462 e. The number of carbonyl (C=O) groups is 1. The summed E-state index contributed by atoms with van der Waals surface area (Å²) in [6.07, 6.45) is 3.96. The van der Waals surface area contributed by atoms with Gasteiger partial charge in [-0.2, -0.15) is 0 Å². The molecule has 0 saturated heterocycles. The Hall–Kier alpha value is -0.700. The van der Waals surface area contributed by atoms with Gasteiger partial charge < -0.3 is 4.74 Å². The van der Waals surface area contributed by atoms with Crippen LogP contribution in [0.2, 0.25) is 0 Å². The fourth-order valence-corrected chi connectivity index (χ4v) is 2.48. The maximum absolute atomic E-state index is 11.9. The van der Waals surface area contributed by atoms with Crippen molar-refractivity contribution in [2.24, 2.45) is 0 Å². The lowest BCUT2D eigenvalue weighted by molar-refractivity contribution is -0.137. The minimum absolute atomic E-state index is 0.208. The maximum atomic E-state index is 11.9. The fraction of sp³-hybridized carbons (Fsp3) is 0.643. The van der Waals surface area contributed by atoms with Gasteiger partial charge in [-0.25, -0.2) is 4.79 Å². The highest BCUT2D eigenvalue weighted by Crippen LogP contribution is 2.31. The van der Waals surface area contributed by atoms with Crippen LogP contribution in [0.5, 0.6) is 0 Å². The summed E-state index contributed by atoms with van der Waals surface area (Å²) < 4.78 is 5.09. The van der Waals surface area contributed by atoms with Crippen molar-refractivity contribution < 1.29 is 9.53 Å². The average Bonchev–Trinajstić information content (AvgIpc) is 2.26. The van der Waals surface area contributed by atoms with Crippen LogP contribution in [0, 0.1) is 0 Å². The first-order valence-electron chi connectivity index (χ1n) is 6.29. The van der Waals surface area contributed by atoms with Gasteiger partial charge in [-0.1, -0.05) is 50.6 Å². The summed E-state index contributed by atoms with van der Waals surface area (Å²) >= 11 is 1.48. The van der Waals surface area contributed by atoms with Crippen LogP contribution in [-0.4, -0.2) is 12.6 Å². The van der Waals surface area contributed by atoms with Crippen molar-refractivity contribution in [3.8, 4) is 0 Å². The molecule has 17 heavy (non-hydrogen) atoms. The molecule has 0 spiro atoms. The molecule has 0 aromatic rings. The van der Waals surface area contributed by atoms with E-state index in [0.29, 0.717) is 6.61 Å². The number of ether oxygens (including phenoxy) is 1. The molecule has 0 rings (SSSR count). The van der Waals surface area contributed by atoms with Crippen molar-refractivity contribution in [1.29, 1.82) is 0 Å². The second-order valence-electron chi connectivity index (χ2n) is 3.97. The highest BCUT2D eigenvalue weighted by Gasteiger charge is 2.15. The molecule has 0 aliphatic heterocycles. The molecule has 98 valence electrons. The van der Waals surface area contributed by atoms with E-state index in [2.05, 4.69) is 20.4 Å². The second kappa shape index (κ2) is 9.34. The van der Waals surface area contributed by atoms with E-state index in [4.69, 9.17) is 4.74 Å². The summed E-state index contributed by atoms with van der Waals surface area (Å²) in [6.45, 7) is 12.5. The minimum atomic E-state index is -0.208. The number of allylic oxidation sites excluding steroid dienone is 2. The third-order valence-electron chi connectivity index (χ3n) is 2.25. The lowest BCUT2D eigenvalue weighted by atomic mass is 10.1. The van der Waals surface area contributed by atoms with Gasteiger partial charge in [0.1, 0.15) is 0 Å². The number of thioether (sulfide) groups is 1. The number of hydrogen-bond acceptors (Lipinski definition) is 3. The highest BCUT2D eigenvalue weighted by molar-refractivity contribution is 8.07. The summed E-state index contributed by atoms with van der Waals surface area (Å²) in [7, 11) is 0. The van der Waals surface area contributed by atoms with Gasteiger partial charge >= 0.3 is 5.97 Å². The number of carbonyl (C=O) groups excluding carboxylic acids is 1. The number of esters is 1. The Morgan fingerprint density at radius 1 is 1.18 bits per heavy atom. The minimum Gasteiger partial charge on any atom is -0.462 e. The summed E-state index contributed by atoms with van der Waals surface area (Å²) in [5, 5.41) is 0. The molecule has 0 unspecified atom stereocenters. The molecular weight excluding hydrogens is 232 g/mol. The first-order chi connectivity index (χ1) is 8.06. The molecule has 0 saturated carbocycles. The summed E-state index contributed by atoms with van der Waals surface area (Å²) in [5.74, 6) is -0.208. The Morgan fingerprint density at radius 2 is 1.76 bits per heavy atom. The Balaban J connectivity index is 4.79. The molecule has 0 aromatic heterocycles. The van der Waals surface area contributed by atoms with Crippen molar-refractivity contribution in [2.75, 3.05) is 6.61 Å². The number of hydrogen-bond donors (Lipinski definition) is 0. The van der Waals surface area contributed by atoms with Gasteiger partial charge in [0.25, 0.3) is 0 Å². The van der Waals surface area contributed by atoms with Crippen molar-refractivity contribution in [1.82, 2.24) is 0 Å². The van der Waals surface area contributed by atoms with Gasteiger partial charge in [0, 0.05) is 0 Å². The molecule has 0 bridgehead atoms. The van der Waals surface area contributed by atoms with Crippen LogP contribution in [0.4, 0.5) is 0 Å². The zero-order valence-corrected chi connectivity index (χ0v) is 12.3. The van der Waals surface area contributed by atoms with E-state index in [-0.39, 0.29) is 5.97 Å². The van der Waals surface area contributed by atoms with E-state index in [9.17, 15) is 4.79 Å². The molecule has 3 heteroatoms. The van der Waals surface area contributed by atoms with Crippen molar-refractivity contribution >= 4 is 17.7 Å². The first-order valence-corrected chi connectivity index (χ1v) is 7.10. The summed E-state index contributed by atoms with van der Waals surface area (Å²) in [6, 6.07) is 0. The van der Waals surface area contributed by atoms with E-state index >= 15 is 0 Å². The second-order valence-corrected chi connectivity index (χ2v) is 5.16. The first kappa shape index (κ1) is 16.3. The molecule has 0 heterocycles. The highest BCUT2D eigenvalue weighted by atomic mass is 32.2. The molecule has 0 N–H and O–H groups in total. The Kier molecular flexibility index (Phi) is 8.96. The zero-order valence-electron chi connectivity index (χ0n) is 11.5. The van der Waals surface area contributed by atoms with Gasteiger partial charge in [0.05, 0.1) is 11.5 Å². The van der Waals surface area contributed by atoms with Crippen molar-refractivity contribution in [2.45, 2.75) is 53.4 Å². The molecule has 2 nitrogen and oxygen atoms in total. The predicted octanol–water partition coefficient (Wildman–Crippen LogP) is 4.67. The SMILES string of the molecule is C=C(CCC)S/C(C(=O)OCC)=C(/C)CCC. The van der Waals surface area contributed by atoms with Gasteiger partial charge in [-0.05, 0) is 31.6 Å². The van der Waals surface area contributed by atoms with E-state index in [1.807, 2.05) is 13.8 Å². The van der Waals surface area contributed by atoms with Crippen molar-refractivity contribution in [3.05, 3.63) is 22.0 Å². The molecule has 0 aliphatic rings. The molecule has 0 atom stereocenters. The standard InChI is InChI=1S/C14H24O2S/c1-6-9-11(4)13(14(15)16-8-3)17-12(5)10-7-2/h5-10H2,1-4H3/b13-11-. The van der Waals surface area contributed by atoms with Crippen LogP contribution in [0.15, 0.2) is 22.0 Å². The fourth-order valence-electron chi connectivity index (χ4n) is 1.46. The van der Waals surface area contributed by atoms with E-state index in [1.165, 1.54) is 11.8 Å². The molecule has 0 radical (unpaired) electrons. The normalized spacial score (nSPS) is 12.0. The van der Waals surface area contributed by atoms with Gasteiger partial charge in [0.15, 0.2) is 0 Å². The molecular formula is C14H24O2S. The van der Waals surface area contributed by atoms with Crippen LogP contribution >= 0.6 is 11.8 Å². The number of rotatable bonds is 8. The summed E-state index contributed by atoms with van der Waals surface area (Å²) in [5.41, 5.74) is 1.10. The van der Waals surface area contributed by atoms with Crippen LogP contribution < -0.4 is 0 Å². The summed E-state index contributed by atoms with van der Waals surface area (Å²) in [4.78, 5) is 13.6. The molecule has 0 aromatic carbocycles. The van der Waals surface area contributed by atoms with Crippen LogP contribution in [0.3, 0.4) is 0 Å². The zero-order chi connectivity index (χ0) is 13.3. The van der Waals surface area contributed by atoms with E-state index in [1.54, 1.807) is 0 Å². The quantitative estimate of drug-likeness (QED) is 0.466. The average molecular weight is 256 g/mol. The van der Waals surface area contributed by atoms with E-state index < -0.39 is 0 Å². The third kappa shape index (κ3) is 6.57. The van der Waals surface area contributed by atoms with Crippen LogP contribution in [0.25, 0.3) is 0 Å². The van der Waals surface area contributed by atoms with Gasteiger partial charge in [0.2, 0.25) is 0 Å². The Morgan fingerprint density at radius 3 is 2.24 bits per heavy atom. The maximum Gasteiger partial charge on any atom is 0.344 e. The lowest BCUT2D eigenvalue weighted by Gasteiger charge is -2.11. The predicted molar refractivity (Wildman–Crippen MR) is 75.9 cm³/mol. The molecule has 0 aliphatic carbocycles. The monoisotopic (exact) mass is 256 g/mol. The third-order valence-corrected chi connectivity index (χ3v) is 3.46. The van der Waals surface area contributed by atoms with Crippen LogP contribution in [-0.2, 0) is 9.53 Å². The van der Waals surface area contributed by atoms with Crippen molar-refractivity contribution in [3.63, 3.8) is 0 Å². The Bertz CT molecular complexity index is 293. The molecule has 0 fully saturated rings. The lowest BCUT2D eigenvalue weighted by Crippen LogP contribution is -2.07. The van der Waals surface area contributed by atoms with E-state index in [0.717, 1.165) is 41.1 Å². The Labute approximate surface area is 110 Å². The van der Waals surface area contributed by atoms with Gasteiger partial charge in [-0.15, -0.1) is 0 Å².